The lowest BCUT2D eigenvalue weighted by molar-refractivity contribution is 0.0997. The molecular weight excluding hydrogens is 188 g/mol. The summed E-state index contributed by atoms with van der Waals surface area (Å²) < 4.78 is 0. The maximum atomic E-state index is 9.58. The topological polar surface area (TPSA) is 35.5 Å². The largest absolute Gasteiger partial charge is 0.393 e. The highest BCUT2D eigenvalue weighted by molar-refractivity contribution is 4.81. The van der Waals surface area contributed by atoms with E-state index in [-0.39, 0.29) is 6.10 Å². The second-order valence-electron chi connectivity index (χ2n) is 5.34. The quantitative estimate of drug-likeness (QED) is 0.727. The summed E-state index contributed by atoms with van der Waals surface area (Å²) in [5.41, 5.74) is 0. The van der Waals surface area contributed by atoms with Gasteiger partial charge in [-0.25, -0.2) is 0 Å². The van der Waals surface area contributed by atoms with Gasteiger partial charge in [0.25, 0.3) is 0 Å². The molecule has 2 N–H and O–H groups in total. The second kappa shape index (κ2) is 5.28. The van der Waals surface area contributed by atoms with Gasteiger partial charge >= 0.3 is 0 Å². The zero-order valence-corrected chi connectivity index (χ0v) is 9.78. The Bertz CT molecular complexity index is 198. The van der Waals surface area contributed by atoms with E-state index in [9.17, 15) is 5.11 Å². The third-order valence-electron chi connectivity index (χ3n) is 3.84. The van der Waals surface area contributed by atoms with Crippen LogP contribution in [0, 0.1) is 5.92 Å². The minimum absolute atomic E-state index is 0.0307. The van der Waals surface area contributed by atoms with E-state index >= 15 is 0 Å². The third-order valence-corrected chi connectivity index (χ3v) is 3.84. The summed E-state index contributed by atoms with van der Waals surface area (Å²) in [6.45, 7) is 3.52. The highest BCUT2D eigenvalue weighted by Crippen LogP contribution is 2.23. The van der Waals surface area contributed by atoms with E-state index in [1.165, 1.54) is 32.4 Å². The van der Waals surface area contributed by atoms with Gasteiger partial charge in [-0.3, -0.25) is 0 Å². The number of hydrogen-bond donors (Lipinski definition) is 2. The van der Waals surface area contributed by atoms with Crippen LogP contribution in [0.3, 0.4) is 0 Å². The first-order valence-electron chi connectivity index (χ1n) is 6.34. The molecule has 15 heavy (non-hydrogen) atoms. The highest BCUT2D eigenvalue weighted by Gasteiger charge is 2.23. The van der Waals surface area contributed by atoms with Crippen LogP contribution in [0.1, 0.15) is 32.1 Å². The van der Waals surface area contributed by atoms with Gasteiger partial charge in [-0.1, -0.05) is 6.42 Å². The van der Waals surface area contributed by atoms with E-state index in [1.807, 2.05) is 0 Å². The highest BCUT2D eigenvalue weighted by atomic mass is 16.3. The normalized spacial score (nSPS) is 38.4. The van der Waals surface area contributed by atoms with Crippen LogP contribution in [-0.2, 0) is 0 Å². The average Bonchev–Trinajstić information content (AvgIpc) is 2.62. The molecule has 1 aliphatic carbocycles. The van der Waals surface area contributed by atoms with E-state index in [0.29, 0.717) is 12.0 Å². The fraction of sp³-hybridized carbons (Fsp3) is 1.00. The van der Waals surface area contributed by atoms with Gasteiger partial charge in [0.2, 0.25) is 0 Å². The van der Waals surface area contributed by atoms with Crippen LogP contribution in [0.4, 0.5) is 0 Å². The number of aliphatic hydroxyl groups is 1. The first-order chi connectivity index (χ1) is 7.24. The number of nitrogens with zero attached hydrogens (tertiary/aromatic N) is 1. The standard InChI is InChI=1S/C12H24N2O/c1-14-6-5-11(9-14)13-8-10-3-2-4-12(15)7-10/h10-13,15H,2-9H2,1H3. The summed E-state index contributed by atoms with van der Waals surface area (Å²) in [6, 6.07) is 0.689. The smallest absolute Gasteiger partial charge is 0.0543 e. The molecule has 1 saturated carbocycles. The molecule has 0 bridgehead atoms. The molecule has 2 aliphatic rings. The molecule has 0 amide bonds. The molecule has 0 aromatic heterocycles. The van der Waals surface area contributed by atoms with Gasteiger partial charge < -0.3 is 15.3 Å². The molecule has 1 aliphatic heterocycles. The molecule has 3 nitrogen and oxygen atoms in total. The Hall–Kier alpha value is -0.120. The van der Waals surface area contributed by atoms with Crippen molar-refractivity contribution in [2.24, 2.45) is 5.92 Å². The monoisotopic (exact) mass is 212 g/mol. The zero-order chi connectivity index (χ0) is 10.7. The predicted octanol–water partition coefficient (Wildman–Crippen LogP) is 0.831. The molecule has 0 radical (unpaired) electrons. The number of likely N-dealkylation sites (tertiary alicyclic amines) is 1. The molecule has 0 aromatic rings. The summed E-state index contributed by atoms with van der Waals surface area (Å²) in [5.74, 6) is 0.708. The number of nitrogens with one attached hydrogen (secondary N) is 1. The van der Waals surface area contributed by atoms with Gasteiger partial charge in [-0.05, 0) is 51.7 Å². The van der Waals surface area contributed by atoms with Crippen molar-refractivity contribution in [1.29, 1.82) is 0 Å². The van der Waals surface area contributed by atoms with Crippen LogP contribution in [0.25, 0.3) is 0 Å². The summed E-state index contributed by atoms with van der Waals surface area (Å²) in [5, 5.41) is 13.2. The molecule has 1 heterocycles. The Morgan fingerprint density at radius 3 is 2.87 bits per heavy atom. The van der Waals surface area contributed by atoms with Crippen molar-refractivity contribution in [3.05, 3.63) is 0 Å². The Kier molecular flexibility index (Phi) is 4.00. The fourth-order valence-electron chi connectivity index (χ4n) is 2.88. The molecule has 3 heteroatoms. The van der Waals surface area contributed by atoms with Crippen molar-refractivity contribution in [2.45, 2.75) is 44.2 Å². The fourth-order valence-corrected chi connectivity index (χ4v) is 2.88. The third kappa shape index (κ3) is 3.44. The SMILES string of the molecule is CN1CCC(NCC2CCCC(O)C2)C1. The average molecular weight is 212 g/mol. The Morgan fingerprint density at radius 1 is 1.33 bits per heavy atom. The van der Waals surface area contributed by atoms with Crippen LogP contribution in [0.2, 0.25) is 0 Å². The van der Waals surface area contributed by atoms with Crippen LogP contribution in [-0.4, -0.2) is 48.8 Å². The molecular formula is C12H24N2O. The summed E-state index contributed by atoms with van der Waals surface area (Å²) in [6.07, 6.45) is 5.78. The minimum Gasteiger partial charge on any atom is -0.393 e. The van der Waals surface area contributed by atoms with Crippen molar-refractivity contribution in [3.8, 4) is 0 Å². The lowest BCUT2D eigenvalue weighted by atomic mass is 9.87. The number of aliphatic hydroxyl groups excluding tert-OH is 1. The van der Waals surface area contributed by atoms with Gasteiger partial charge in [0.15, 0.2) is 0 Å². The number of rotatable bonds is 3. The molecule has 3 unspecified atom stereocenters. The van der Waals surface area contributed by atoms with Crippen LogP contribution < -0.4 is 5.32 Å². The second-order valence-corrected chi connectivity index (χ2v) is 5.34. The number of likely N-dealkylation sites (N-methyl/N-ethyl adjacent to an activating group) is 1. The van der Waals surface area contributed by atoms with E-state index in [2.05, 4.69) is 17.3 Å². The maximum absolute atomic E-state index is 9.58. The van der Waals surface area contributed by atoms with Crippen molar-refractivity contribution in [1.82, 2.24) is 10.2 Å². The van der Waals surface area contributed by atoms with Crippen molar-refractivity contribution < 1.29 is 5.11 Å². The van der Waals surface area contributed by atoms with Crippen LogP contribution >= 0.6 is 0 Å². The molecule has 0 aromatic carbocycles. The molecule has 2 fully saturated rings. The van der Waals surface area contributed by atoms with Gasteiger partial charge in [-0.15, -0.1) is 0 Å². The van der Waals surface area contributed by atoms with Crippen LogP contribution in [0.15, 0.2) is 0 Å². The first kappa shape index (κ1) is 11.4. The van der Waals surface area contributed by atoms with Gasteiger partial charge in [-0.2, -0.15) is 0 Å². The summed E-state index contributed by atoms with van der Waals surface area (Å²) in [4.78, 5) is 2.38. The lowest BCUT2D eigenvalue weighted by Gasteiger charge is -2.27. The molecule has 88 valence electrons. The van der Waals surface area contributed by atoms with Crippen molar-refractivity contribution >= 4 is 0 Å². The minimum atomic E-state index is -0.0307. The van der Waals surface area contributed by atoms with E-state index < -0.39 is 0 Å². The Labute approximate surface area is 92.8 Å². The Balaban J connectivity index is 1.64. The zero-order valence-electron chi connectivity index (χ0n) is 9.78. The number of hydrogen-bond acceptors (Lipinski definition) is 3. The molecule has 2 rings (SSSR count). The molecule has 1 saturated heterocycles. The van der Waals surface area contributed by atoms with E-state index in [0.717, 1.165) is 19.4 Å². The van der Waals surface area contributed by atoms with Gasteiger partial charge in [0, 0.05) is 12.6 Å². The van der Waals surface area contributed by atoms with Crippen molar-refractivity contribution in [2.75, 3.05) is 26.7 Å². The molecule has 0 spiro atoms. The molecule has 3 atom stereocenters. The van der Waals surface area contributed by atoms with Gasteiger partial charge in [0.05, 0.1) is 6.10 Å². The predicted molar refractivity (Wildman–Crippen MR) is 61.9 cm³/mol. The Morgan fingerprint density at radius 2 is 2.20 bits per heavy atom. The van der Waals surface area contributed by atoms with E-state index in [4.69, 9.17) is 0 Å². The van der Waals surface area contributed by atoms with Gasteiger partial charge in [0.1, 0.15) is 0 Å². The van der Waals surface area contributed by atoms with Crippen molar-refractivity contribution in [3.63, 3.8) is 0 Å². The maximum Gasteiger partial charge on any atom is 0.0543 e. The van der Waals surface area contributed by atoms with Crippen LogP contribution in [0.5, 0.6) is 0 Å². The lowest BCUT2D eigenvalue weighted by Crippen LogP contribution is -2.37. The summed E-state index contributed by atoms with van der Waals surface area (Å²) in [7, 11) is 2.19. The first-order valence-corrected chi connectivity index (χ1v) is 6.34. The summed E-state index contributed by atoms with van der Waals surface area (Å²) >= 11 is 0. The van der Waals surface area contributed by atoms with E-state index in [1.54, 1.807) is 0 Å².